The first kappa shape index (κ1) is 19.9. The number of halogens is 1. The van der Waals surface area contributed by atoms with Crippen LogP contribution in [-0.2, 0) is 10.2 Å². The molecule has 0 aliphatic carbocycles. The van der Waals surface area contributed by atoms with E-state index >= 15 is 0 Å². The molecule has 2 aromatic rings. The van der Waals surface area contributed by atoms with Crippen LogP contribution in [-0.4, -0.2) is 39.8 Å². The van der Waals surface area contributed by atoms with Crippen LogP contribution in [0, 0.1) is 11.7 Å². The predicted octanol–water partition coefficient (Wildman–Crippen LogP) is 3.40. The largest absolute Gasteiger partial charge is 0.338 e. The number of piperidine rings is 1. The monoisotopic (exact) mass is 384 g/mol. The molecule has 1 aromatic carbocycles. The topological polar surface area (TPSA) is 75.2 Å². The molecule has 0 bridgehead atoms. The quantitative estimate of drug-likeness (QED) is 0.880. The Morgan fingerprint density at radius 3 is 2.39 bits per heavy atom. The number of anilines is 1. The predicted molar refractivity (Wildman–Crippen MR) is 104 cm³/mol. The van der Waals surface area contributed by atoms with E-state index in [0.717, 1.165) is 6.42 Å². The first-order valence-corrected chi connectivity index (χ1v) is 9.42. The summed E-state index contributed by atoms with van der Waals surface area (Å²) in [6.07, 6.45) is 4.66. The molecule has 0 radical (unpaired) electrons. The summed E-state index contributed by atoms with van der Waals surface area (Å²) >= 11 is 0. The lowest BCUT2D eigenvalue weighted by molar-refractivity contribution is -0.121. The van der Waals surface area contributed by atoms with Crippen molar-refractivity contribution in [2.45, 2.75) is 39.0 Å². The van der Waals surface area contributed by atoms with E-state index in [4.69, 9.17) is 0 Å². The molecule has 1 aromatic heterocycles. The molecule has 0 spiro atoms. The number of carbonyl (C=O) groups is 2. The van der Waals surface area contributed by atoms with Crippen LogP contribution in [0.2, 0.25) is 0 Å². The first-order valence-electron chi connectivity index (χ1n) is 9.42. The molecule has 0 saturated carbocycles. The summed E-state index contributed by atoms with van der Waals surface area (Å²) in [6, 6.07) is 5.47. The van der Waals surface area contributed by atoms with Gasteiger partial charge in [0.1, 0.15) is 11.6 Å². The number of aromatic nitrogens is 2. The van der Waals surface area contributed by atoms with Gasteiger partial charge in [-0.25, -0.2) is 14.4 Å². The molecule has 1 unspecified atom stereocenters. The Hall–Kier alpha value is -2.83. The van der Waals surface area contributed by atoms with Crippen molar-refractivity contribution >= 4 is 17.5 Å². The van der Waals surface area contributed by atoms with Gasteiger partial charge in [-0.1, -0.05) is 20.8 Å². The minimum atomic E-state index is -0.382. The molecule has 2 amide bonds. The zero-order valence-corrected chi connectivity index (χ0v) is 16.4. The number of hydrogen-bond donors (Lipinski definition) is 1. The molecule has 2 heterocycles. The highest BCUT2D eigenvalue weighted by molar-refractivity contribution is 5.96. The second-order valence-electron chi connectivity index (χ2n) is 8.13. The molecular weight excluding hydrogens is 359 g/mol. The van der Waals surface area contributed by atoms with Gasteiger partial charge in [0.25, 0.3) is 5.91 Å². The van der Waals surface area contributed by atoms with Crippen LogP contribution in [0.25, 0.3) is 0 Å². The van der Waals surface area contributed by atoms with Gasteiger partial charge in [0.15, 0.2) is 0 Å². The van der Waals surface area contributed by atoms with E-state index in [2.05, 4.69) is 15.3 Å². The maximum absolute atomic E-state index is 13.1. The maximum atomic E-state index is 13.1. The Morgan fingerprint density at radius 1 is 1.14 bits per heavy atom. The highest BCUT2D eigenvalue weighted by Gasteiger charge is 2.29. The van der Waals surface area contributed by atoms with Crippen molar-refractivity contribution in [2.24, 2.45) is 5.92 Å². The maximum Gasteiger partial charge on any atom is 0.253 e. The zero-order chi connectivity index (χ0) is 20.3. The fourth-order valence-corrected chi connectivity index (χ4v) is 3.17. The third-order valence-electron chi connectivity index (χ3n) is 4.76. The van der Waals surface area contributed by atoms with E-state index in [1.807, 2.05) is 20.8 Å². The fourth-order valence-electron chi connectivity index (χ4n) is 3.17. The minimum Gasteiger partial charge on any atom is -0.338 e. The lowest BCUT2D eigenvalue weighted by Crippen LogP contribution is -2.43. The minimum absolute atomic E-state index is 0.149. The average molecular weight is 384 g/mol. The van der Waals surface area contributed by atoms with Gasteiger partial charge in [-0.15, -0.1) is 0 Å². The highest BCUT2D eigenvalue weighted by atomic mass is 19.1. The van der Waals surface area contributed by atoms with Crippen LogP contribution < -0.4 is 5.32 Å². The summed E-state index contributed by atoms with van der Waals surface area (Å²) in [5.41, 5.74) is 0.807. The van der Waals surface area contributed by atoms with Gasteiger partial charge in [0, 0.05) is 24.1 Å². The third-order valence-corrected chi connectivity index (χ3v) is 4.76. The van der Waals surface area contributed by atoms with E-state index in [-0.39, 0.29) is 29.0 Å². The van der Waals surface area contributed by atoms with Gasteiger partial charge in [0.2, 0.25) is 5.91 Å². The first-order chi connectivity index (χ1) is 13.2. The Kier molecular flexibility index (Phi) is 5.72. The van der Waals surface area contributed by atoms with Gasteiger partial charge < -0.3 is 10.2 Å². The number of nitrogens with one attached hydrogen (secondary N) is 1. The number of carbonyl (C=O) groups excluding carboxylic acids is 2. The van der Waals surface area contributed by atoms with Gasteiger partial charge in [-0.05, 0) is 37.1 Å². The van der Waals surface area contributed by atoms with E-state index in [1.165, 1.54) is 24.3 Å². The number of nitrogens with zero attached hydrogens (tertiary/aromatic N) is 3. The van der Waals surface area contributed by atoms with E-state index in [9.17, 15) is 14.0 Å². The molecule has 1 atom stereocenters. The van der Waals surface area contributed by atoms with Gasteiger partial charge in [0.05, 0.1) is 24.0 Å². The van der Waals surface area contributed by atoms with Crippen molar-refractivity contribution in [1.82, 2.24) is 14.9 Å². The van der Waals surface area contributed by atoms with Gasteiger partial charge in [-0.3, -0.25) is 9.59 Å². The Morgan fingerprint density at radius 2 is 1.79 bits per heavy atom. The smallest absolute Gasteiger partial charge is 0.253 e. The Bertz CT molecular complexity index is 844. The normalized spacial score (nSPS) is 17.3. The van der Waals surface area contributed by atoms with E-state index < -0.39 is 0 Å². The average Bonchev–Trinajstić information content (AvgIpc) is 2.68. The molecule has 1 N–H and O–H groups in total. The standard InChI is InChI=1S/C21H25FN4O2/c1-21(2,3)20-23-11-17(12-24-20)25-18(27)15-5-4-10-26(13-15)19(28)14-6-8-16(22)9-7-14/h6-9,11-12,15H,4-5,10,13H2,1-3H3,(H,25,27). The summed E-state index contributed by atoms with van der Waals surface area (Å²) in [4.78, 5) is 35.6. The lowest BCUT2D eigenvalue weighted by Gasteiger charge is -2.32. The molecular formula is C21H25FN4O2. The lowest BCUT2D eigenvalue weighted by atomic mass is 9.95. The number of benzene rings is 1. The van der Waals surface area contributed by atoms with Crippen molar-refractivity contribution in [3.05, 3.63) is 53.9 Å². The molecule has 148 valence electrons. The summed E-state index contributed by atoms with van der Waals surface area (Å²) in [7, 11) is 0. The van der Waals surface area contributed by atoms with E-state index in [1.54, 1.807) is 17.3 Å². The second kappa shape index (κ2) is 8.04. The molecule has 6 nitrogen and oxygen atoms in total. The van der Waals surface area contributed by atoms with Gasteiger partial charge in [-0.2, -0.15) is 0 Å². The fraction of sp³-hybridized carbons (Fsp3) is 0.429. The van der Waals surface area contributed by atoms with Crippen molar-refractivity contribution in [1.29, 1.82) is 0 Å². The molecule has 3 rings (SSSR count). The van der Waals surface area contributed by atoms with Crippen molar-refractivity contribution in [3.63, 3.8) is 0 Å². The molecule has 1 saturated heterocycles. The Labute approximate surface area is 164 Å². The van der Waals surface area contributed by atoms with Crippen LogP contribution in [0.5, 0.6) is 0 Å². The van der Waals surface area contributed by atoms with Crippen molar-refractivity contribution in [3.8, 4) is 0 Å². The van der Waals surface area contributed by atoms with Crippen molar-refractivity contribution in [2.75, 3.05) is 18.4 Å². The second-order valence-corrected chi connectivity index (χ2v) is 8.13. The molecule has 1 fully saturated rings. The zero-order valence-electron chi connectivity index (χ0n) is 16.4. The van der Waals surface area contributed by atoms with Gasteiger partial charge >= 0.3 is 0 Å². The summed E-state index contributed by atoms with van der Waals surface area (Å²) in [5, 5.41) is 2.85. The molecule has 1 aliphatic rings. The number of likely N-dealkylation sites (tertiary alicyclic amines) is 1. The SMILES string of the molecule is CC(C)(C)c1ncc(NC(=O)C2CCCN(C(=O)c3ccc(F)cc3)C2)cn1. The van der Waals surface area contributed by atoms with Crippen LogP contribution in [0.1, 0.15) is 49.8 Å². The molecule has 28 heavy (non-hydrogen) atoms. The number of hydrogen-bond acceptors (Lipinski definition) is 4. The number of rotatable bonds is 3. The highest BCUT2D eigenvalue weighted by Crippen LogP contribution is 2.22. The molecule has 7 heteroatoms. The summed E-state index contributed by atoms with van der Waals surface area (Å²) < 4.78 is 13.1. The van der Waals surface area contributed by atoms with Crippen LogP contribution in [0.3, 0.4) is 0 Å². The summed E-state index contributed by atoms with van der Waals surface area (Å²) in [5.74, 6) is -0.314. The Balaban J connectivity index is 1.62. The van der Waals surface area contributed by atoms with E-state index in [0.29, 0.717) is 36.6 Å². The van der Waals surface area contributed by atoms with Crippen LogP contribution >= 0.6 is 0 Å². The van der Waals surface area contributed by atoms with Crippen molar-refractivity contribution < 1.29 is 14.0 Å². The molecule has 1 aliphatic heterocycles. The third kappa shape index (κ3) is 4.71. The van der Waals surface area contributed by atoms with Crippen LogP contribution in [0.4, 0.5) is 10.1 Å². The summed E-state index contributed by atoms with van der Waals surface area (Å²) in [6.45, 7) is 6.99. The van der Waals surface area contributed by atoms with Crippen LogP contribution in [0.15, 0.2) is 36.7 Å². The number of amides is 2.